The van der Waals surface area contributed by atoms with Crippen molar-refractivity contribution in [1.29, 1.82) is 0 Å². The van der Waals surface area contributed by atoms with E-state index in [1.165, 1.54) is 16.0 Å². The third-order valence-corrected chi connectivity index (χ3v) is 5.90. The summed E-state index contributed by atoms with van der Waals surface area (Å²) >= 11 is 7.95. The first-order valence-electron chi connectivity index (χ1n) is 8.48. The highest BCUT2D eigenvalue weighted by Crippen LogP contribution is 2.38. The van der Waals surface area contributed by atoms with E-state index in [1.807, 2.05) is 42.6 Å². The smallest absolute Gasteiger partial charge is 0.0946 e. The summed E-state index contributed by atoms with van der Waals surface area (Å²) < 4.78 is 2.25. The normalized spacial score (nSPS) is 13.6. The van der Waals surface area contributed by atoms with E-state index in [9.17, 15) is 0 Å². The average Bonchev–Trinajstić information content (AvgIpc) is 3.09. The van der Waals surface area contributed by atoms with Crippen molar-refractivity contribution < 1.29 is 0 Å². The van der Waals surface area contributed by atoms with Gasteiger partial charge in [-0.05, 0) is 56.5 Å². The van der Waals surface area contributed by atoms with Crippen LogP contribution in [0.2, 0.25) is 5.02 Å². The van der Waals surface area contributed by atoms with E-state index in [0.717, 1.165) is 24.4 Å². The van der Waals surface area contributed by atoms with Crippen LogP contribution in [0.4, 0.5) is 0 Å². The average molecular weight is 371 g/mol. The molecule has 0 spiro atoms. The molecule has 130 valence electrons. The molecule has 0 fully saturated rings. The van der Waals surface area contributed by atoms with E-state index in [2.05, 4.69) is 59.8 Å². The molecule has 2 nitrogen and oxygen atoms in total. The van der Waals surface area contributed by atoms with Crippen molar-refractivity contribution in [3.05, 3.63) is 83.4 Å². The Morgan fingerprint density at radius 1 is 1.08 bits per heavy atom. The van der Waals surface area contributed by atoms with Gasteiger partial charge in [0.15, 0.2) is 0 Å². The zero-order chi connectivity index (χ0) is 17.7. The summed E-state index contributed by atoms with van der Waals surface area (Å²) in [5.41, 5.74) is 2.62. The molecule has 0 aliphatic heterocycles. The van der Waals surface area contributed by atoms with E-state index in [1.54, 1.807) is 0 Å². The maximum Gasteiger partial charge on any atom is 0.0946 e. The van der Waals surface area contributed by atoms with Crippen LogP contribution in [0.3, 0.4) is 0 Å². The molecule has 0 saturated carbocycles. The van der Waals surface area contributed by atoms with Crippen LogP contribution in [0.25, 0.3) is 0 Å². The second-order valence-electron chi connectivity index (χ2n) is 6.73. The number of nitrogens with zero attached hydrogens (tertiary/aromatic N) is 2. The minimum atomic E-state index is 0.0790. The second-order valence-corrected chi connectivity index (χ2v) is 8.82. The van der Waals surface area contributed by atoms with Gasteiger partial charge in [-0.2, -0.15) is 0 Å². The van der Waals surface area contributed by atoms with Gasteiger partial charge in [0.05, 0.1) is 6.33 Å². The van der Waals surface area contributed by atoms with Crippen molar-refractivity contribution in [2.45, 2.75) is 42.9 Å². The van der Waals surface area contributed by atoms with Crippen molar-refractivity contribution in [3.8, 4) is 0 Å². The molecule has 25 heavy (non-hydrogen) atoms. The molecular weight excluding hydrogens is 348 g/mol. The number of benzene rings is 2. The van der Waals surface area contributed by atoms with Crippen LogP contribution < -0.4 is 0 Å². The van der Waals surface area contributed by atoms with Crippen LogP contribution in [-0.2, 0) is 13.0 Å². The predicted octanol–water partition coefficient (Wildman–Crippen LogP) is 6.03. The zero-order valence-electron chi connectivity index (χ0n) is 14.7. The van der Waals surface area contributed by atoms with Gasteiger partial charge in [-0.15, -0.1) is 11.8 Å². The first-order chi connectivity index (χ1) is 12.0. The molecule has 1 heterocycles. The molecule has 0 aliphatic carbocycles. The number of rotatable bonds is 7. The van der Waals surface area contributed by atoms with Crippen LogP contribution in [-0.4, -0.2) is 14.3 Å². The predicted molar refractivity (Wildman–Crippen MR) is 107 cm³/mol. The summed E-state index contributed by atoms with van der Waals surface area (Å²) in [5, 5.41) is 0.791. The summed E-state index contributed by atoms with van der Waals surface area (Å²) in [6.07, 6.45) is 7.88. The van der Waals surface area contributed by atoms with Gasteiger partial charge in [0.1, 0.15) is 0 Å². The van der Waals surface area contributed by atoms with Gasteiger partial charge >= 0.3 is 0 Å². The van der Waals surface area contributed by atoms with Crippen molar-refractivity contribution in [1.82, 2.24) is 9.55 Å². The summed E-state index contributed by atoms with van der Waals surface area (Å²) in [6.45, 7) is 5.40. The van der Waals surface area contributed by atoms with Gasteiger partial charge < -0.3 is 4.57 Å². The molecule has 1 unspecified atom stereocenters. The first-order valence-corrected chi connectivity index (χ1v) is 9.68. The molecule has 3 aromatic rings. The van der Waals surface area contributed by atoms with Gasteiger partial charge in [-0.3, -0.25) is 0 Å². The number of hydrogen-bond donors (Lipinski definition) is 0. The van der Waals surface area contributed by atoms with Crippen LogP contribution in [0.15, 0.2) is 72.1 Å². The quantitative estimate of drug-likeness (QED) is 0.472. The maximum atomic E-state index is 6.00. The third-order valence-electron chi connectivity index (χ3n) is 4.32. The van der Waals surface area contributed by atoms with Gasteiger partial charge in [-0.1, -0.05) is 41.4 Å². The van der Waals surface area contributed by atoms with Gasteiger partial charge in [-0.25, -0.2) is 4.98 Å². The fourth-order valence-electron chi connectivity index (χ4n) is 2.88. The zero-order valence-corrected chi connectivity index (χ0v) is 16.2. The summed E-state index contributed by atoms with van der Waals surface area (Å²) in [6, 6.07) is 17.0. The molecule has 0 radical (unpaired) electrons. The lowest BCUT2D eigenvalue weighted by Gasteiger charge is -2.30. The van der Waals surface area contributed by atoms with Crippen molar-refractivity contribution >= 4 is 23.4 Å². The lowest BCUT2D eigenvalue weighted by Crippen LogP contribution is -2.27. The second kappa shape index (κ2) is 8.11. The van der Waals surface area contributed by atoms with Crippen LogP contribution in [0, 0.1) is 6.92 Å². The van der Waals surface area contributed by atoms with Crippen LogP contribution in [0.1, 0.15) is 24.5 Å². The van der Waals surface area contributed by atoms with Crippen molar-refractivity contribution in [2.24, 2.45) is 0 Å². The largest absolute Gasteiger partial charge is 0.336 e. The van der Waals surface area contributed by atoms with Gasteiger partial charge in [0.2, 0.25) is 0 Å². The highest BCUT2D eigenvalue weighted by atomic mass is 35.5. The Morgan fingerprint density at radius 3 is 2.44 bits per heavy atom. The fourth-order valence-corrected chi connectivity index (χ4v) is 4.26. The molecule has 3 rings (SSSR count). The molecule has 0 amide bonds. The Kier molecular flexibility index (Phi) is 5.87. The molecule has 0 saturated heterocycles. The highest BCUT2D eigenvalue weighted by Gasteiger charge is 2.26. The molecule has 1 atom stereocenters. The fraction of sp³-hybridized carbons (Fsp3) is 0.286. The number of aromatic nitrogens is 2. The van der Waals surface area contributed by atoms with Gasteiger partial charge in [0.25, 0.3) is 0 Å². The van der Waals surface area contributed by atoms with E-state index < -0.39 is 0 Å². The minimum absolute atomic E-state index is 0.0790. The Hall–Kier alpha value is -1.71. The number of halogens is 1. The summed E-state index contributed by atoms with van der Waals surface area (Å²) in [5.74, 6) is 0. The molecular formula is C21H23ClN2S. The van der Waals surface area contributed by atoms with Crippen LogP contribution >= 0.6 is 23.4 Å². The molecule has 0 aliphatic rings. The van der Waals surface area contributed by atoms with E-state index in [-0.39, 0.29) is 4.75 Å². The SMILES string of the molecule is Cc1ccc(SC(C)(CCc2ccc(Cl)cc2)Cn2ccnc2)cc1. The van der Waals surface area contributed by atoms with Crippen molar-refractivity contribution in [2.75, 3.05) is 0 Å². The number of aryl methyl sites for hydroxylation is 2. The molecule has 0 bridgehead atoms. The molecule has 1 aromatic heterocycles. The minimum Gasteiger partial charge on any atom is -0.336 e. The Bertz CT molecular complexity index is 782. The van der Waals surface area contributed by atoms with Crippen molar-refractivity contribution in [3.63, 3.8) is 0 Å². The maximum absolute atomic E-state index is 6.00. The molecule has 0 N–H and O–H groups in total. The Morgan fingerprint density at radius 2 is 1.80 bits per heavy atom. The topological polar surface area (TPSA) is 17.8 Å². The highest BCUT2D eigenvalue weighted by molar-refractivity contribution is 8.00. The van der Waals surface area contributed by atoms with E-state index in [4.69, 9.17) is 11.6 Å². The van der Waals surface area contributed by atoms with Gasteiger partial charge in [0, 0.05) is 33.6 Å². The Labute approximate surface area is 159 Å². The third kappa shape index (κ3) is 5.38. The monoisotopic (exact) mass is 370 g/mol. The molecule has 4 heteroatoms. The first kappa shape index (κ1) is 18.1. The standard InChI is InChI=1S/C21H23ClN2S/c1-17-3-9-20(10-4-17)25-21(2,15-24-14-13-23-16-24)12-11-18-5-7-19(22)8-6-18/h3-10,13-14,16H,11-12,15H2,1-2H3. The molecule has 2 aromatic carbocycles. The lowest BCUT2D eigenvalue weighted by molar-refractivity contribution is 0.495. The lowest BCUT2D eigenvalue weighted by atomic mass is 10.00. The Balaban J connectivity index is 1.75. The summed E-state index contributed by atoms with van der Waals surface area (Å²) in [4.78, 5) is 5.50. The number of imidazole rings is 1. The summed E-state index contributed by atoms with van der Waals surface area (Å²) in [7, 11) is 0. The van der Waals surface area contributed by atoms with E-state index in [0.29, 0.717) is 0 Å². The van der Waals surface area contributed by atoms with E-state index >= 15 is 0 Å². The number of thioether (sulfide) groups is 1. The number of hydrogen-bond acceptors (Lipinski definition) is 2. The van der Waals surface area contributed by atoms with Crippen LogP contribution in [0.5, 0.6) is 0 Å².